The smallest absolute Gasteiger partial charge is 0.220 e. The van der Waals surface area contributed by atoms with Gasteiger partial charge in [-0.25, -0.2) is 0 Å². The van der Waals surface area contributed by atoms with Crippen LogP contribution in [0.3, 0.4) is 0 Å². The Labute approximate surface area is 118 Å². The third-order valence-electron chi connectivity index (χ3n) is 2.22. The van der Waals surface area contributed by atoms with Crippen LogP contribution < -0.4 is 22.5 Å². The number of nitrogens with one attached hydrogen (secondary N) is 1. The number of amides is 1. The summed E-state index contributed by atoms with van der Waals surface area (Å²) in [6, 6.07) is 0. The highest BCUT2D eigenvalue weighted by atomic mass is 33.1. The molecule has 0 aliphatic heterocycles. The average molecular weight is 294 g/mol. The maximum absolute atomic E-state index is 11.4. The van der Waals surface area contributed by atoms with Gasteiger partial charge in [0.15, 0.2) is 5.12 Å². The van der Waals surface area contributed by atoms with Gasteiger partial charge in [0.1, 0.15) is 0 Å². The van der Waals surface area contributed by atoms with Crippen molar-refractivity contribution in [1.29, 1.82) is 0 Å². The lowest BCUT2D eigenvalue weighted by molar-refractivity contribution is -0.120. The van der Waals surface area contributed by atoms with E-state index in [1.54, 1.807) is 0 Å². The molecule has 0 atom stereocenters. The molecule has 0 saturated carbocycles. The van der Waals surface area contributed by atoms with Crippen LogP contribution in [0.5, 0.6) is 0 Å². The molecule has 0 rings (SSSR count). The van der Waals surface area contributed by atoms with Crippen LogP contribution in [-0.4, -0.2) is 23.3 Å². The van der Waals surface area contributed by atoms with E-state index < -0.39 is 5.12 Å². The molecule has 0 aromatic carbocycles. The molecule has 0 saturated heterocycles. The van der Waals surface area contributed by atoms with E-state index in [4.69, 9.17) is 17.2 Å². The van der Waals surface area contributed by atoms with E-state index in [-0.39, 0.29) is 5.91 Å². The van der Waals surface area contributed by atoms with Crippen molar-refractivity contribution in [2.24, 2.45) is 17.2 Å². The van der Waals surface area contributed by atoms with Gasteiger partial charge in [-0.05, 0) is 17.2 Å². The Hall–Kier alpha value is 0.0500. The first-order valence-corrected chi connectivity index (χ1v) is 8.71. The van der Waals surface area contributed by atoms with Gasteiger partial charge in [0.05, 0.1) is 0 Å². The van der Waals surface area contributed by atoms with Crippen molar-refractivity contribution in [2.45, 2.75) is 50.6 Å². The lowest BCUT2D eigenvalue weighted by Crippen LogP contribution is -2.54. The van der Waals surface area contributed by atoms with Gasteiger partial charge in [0.25, 0.3) is 0 Å². The summed E-state index contributed by atoms with van der Waals surface area (Å²) in [7, 11) is 2.60. The third kappa shape index (κ3) is 14.1. The van der Waals surface area contributed by atoms with Gasteiger partial charge in [-0.3, -0.25) is 22.0 Å². The van der Waals surface area contributed by atoms with Crippen molar-refractivity contribution in [1.82, 2.24) is 5.32 Å². The van der Waals surface area contributed by atoms with Gasteiger partial charge in [0, 0.05) is 18.7 Å². The van der Waals surface area contributed by atoms with Gasteiger partial charge >= 0.3 is 0 Å². The molecule has 0 radical (unpaired) electrons. The Morgan fingerprint density at radius 1 is 1.17 bits per heavy atom. The highest BCUT2D eigenvalue weighted by molar-refractivity contribution is 8.77. The van der Waals surface area contributed by atoms with Crippen LogP contribution >= 0.6 is 21.6 Å². The fourth-order valence-electron chi connectivity index (χ4n) is 1.32. The standard InChI is InChI=1S/C11H26N4OS2/c1-2-3-4-5-6-8-15-10(16)7-9-17-18-11(12,13)14/h2-9,12-14H2,1H3,(H,15,16). The minimum Gasteiger partial charge on any atom is -0.356 e. The summed E-state index contributed by atoms with van der Waals surface area (Å²) < 4.78 is 0. The van der Waals surface area contributed by atoms with Gasteiger partial charge in [-0.15, -0.1) is 0 Å². The number of hydrogen-bond acceptors (Lipinski definition) is 6. The van der Waals surface area contributed by atoms with Gasteiger partial charge in [-0.1, -0.05) is 43.4 Å². The topological polar surface area (TPSA) is 107 Å². The predicted octanol–water partition coefficient (Wildman–Crippen LogP) is 1.33. The van der Waals surface area contributed by atoms with E-state index in [0.717, 1.165) is 13.0 Å². The molecule has 0 spiro atoms. The van der Waals surface area contributed by atoms with E-state index in [1.807, 2.05) is 0 Å². The Morgan fingerprint density at radius 2 is 1.83 bits per heavy atom. The summed E-state index contributed by atoms with van der Waals surface area (Å²) in [5.41, 5.74) is 16.2. The van der Waals surface area contributed by atoms with Crippen LogP contribution in [-0.2, 0) is 4.79 Å². The predicted molar refractivity (Wildman–Crippen MR) is 81.7 cm³/mol. The number of rotatable bonds is 11. The van der Waals surface area contributed by atoms with E-state index in [1.165, 1.54) is 47.3 Å². The number of hydrogen-bond donors (Lipinski definition) is 4. The normalized spacial score (nSPS) is 11.6. The molecule has 0 fully saturated rings. The molecule has 0 aliphatic carbocycles. The summed E-state index contributed by atoms with van der Waals surface area (Å²) in [6.45, 7) is 2.96. The first-order valence-electron chi connectivity index (χ1n) is 6.39. The van der Waals surface area contributed by atoms with E-state index in [0.29, 0.717) is 12.2 Å². The molecule has 7 heteroatoms. The molecular weight excluding hydrogens is 268 g/mol. The van der Waals surface area contributed by atoms with E-state index >= 15 is 0 Å². The minimum atomic E-state index is -1.22. The monoisotopic (exact) mass is 294 g/mol. The molecule has 5 nitrogen and oxygen atoms in total. The summed E-state index contributed by atoms with van der Waals surface area (Å²) in [5, 5.41) is 1.68. The number of nitrogens with two attached hydrogens (primary N) is 3. The fraction of sp³-hybridized carbons (Fsp3) is 0.909. The third-order valence-corrected chi connectivity index (χ3v) is 4.72. The minimum absolute atomic E-state index is 0.0789. The van der Waals surface area contributed by atoms with E-state index in [9.17, 15) is 4.79 Å². The molecule has 18 heavy (non-hydrogen) atoms. The molecule has 0 bridgehead atoms. The maximum Gasteiger partial charge on any atom is 0.220 e. The Balaban J connectivity index is 3.28. The molecular formula is C11H26N4OS2. The largest absolute Gasteiger partial charge is 0.356 e. The highest BCUT2D eigenvalue weighted by Gasteiger charge is 2.12. The average Bonchev–Trinajstić information content (AvgIpc) is 2.28. The Kier molecular flexibility index (Phi) is 11.0. The van der Waals surface area contributed by atoms with Crippen molar-refractivity contribution in [3.05, 3.63) is 0 Å². The SMILES string of the molecule is CCCCCCCNC(=O)CCSSC(N)(N)N. The molecule has 0 aliphatic rings. The van der Waals surface area contributed by atoms with Crippen molar-refractivity contribution in [2.75, 3.05) is 12.3 Å². The lowest BCUT2D eigenvalue weighted by Gasteiger charge is -2.15. The van der Waals surface area contributed by atoms with Crippen molar-refractivity contribution < 1.29 is 4.79 Å². The summed E-state index contributed by atoms with van der Waals surface area (Å²) >= 11 is 0. The quantitative estimate of drug-likeness (QED) is 0.260. The fourth-order valence-corrected chi connectivity index (χ4v) is 2.99. The first kappa shape index (κ1) is 18.0. The van der Waals surface area contributed by atoms with Gasteiger partial charge < -0.3 is 5.32 Å². The van der Waals surface area contributed by atoms with Crippen molar-refractivity contribution in [3.63, 3.8) is 0 Å². The molecule has 0 aromatic heterocycles. The van der Waals surface area contributed by atoms with Crippen LogP contribution in [0, 0.1) is 0 Å². The van der Waals surface area contributed by atoms with Crippen LogP contribution in [0.4, 0.5) is 0 Å². The summed E-state index contributed by atoms with van der Waals surface area (Å²) in [6.07, 6.45) is 6.50. The molecule has 0 aromatic rings. The van der Waals surface area contributed by atoms with Crippen molar-refractivity contribution >= 4 is 27.5 Å². The van der Waals surface area contributed by atoms with Gasteiger partial charge in [-0.2, -0.15) is 0 Å². The van der Waals surface area contributed by atoms with E-state index in [2.05, 4.69) is 12.2 Å². The van der Waals surface area contributed by atoms with Crippen molar-refractivity contribution in [3.8, 4) is 0 Å². The number of carbonyl (C=O) groups excluding carboxylic acids is 1. The Bertz CT molecular complexity index is 222. The molecule has 7 N–H and O–H groups in total. The first-order chi connectivity index (χ1) is 8.45. The second-order valence-corrected chi connectivity index (χ2v) is 7.00. The highest BCUT2D eigenvalue weighted by Crippen LogP contribution is 2.25. The number of carbonyl (C=O) groups is 1. The van der Waals surface area contributed by atoms with Crippen LogP contribution in [0.25, 0.3) is 0 Å². The summed E-state index contributed by atoms with van der Waals surface area (Å²) in [5.74, 6) is 0.745. The molecule has 108 valence electrons. The second kappa shape index (κ2) is 10.9. The maximum atomic E-state index is 11.4. The summed E-state index contributed by atoms with van der Waals surface area (Å²) in [4.78, 5) is 11.4. The van der Waals surface area contributed by atoms with Crippen LogP contribution in [0.15, 0.2) is 0 Å². The molecule has 1 amide bonds. The van der Waals surface area contributed by atoms with Gasteiger partial charge in [0.2, 0.25) is 5.91 Å². The molecule has 0 unspecified atom stereocenters. The molecule has 0 heterocycles. The van der Waals surface area contributed by atoms with Crippen LogP contribution in [0.2, 0.25) is 0 Å². The zero-order valence-corrected chi connectivity index (χ0v) is 12.7. The number of unbranched alkanes of at least 4 members (excludes halogenated alkanes) is 4. The zero-order chi connectivity index (χ0) is 13.9. The lowest BCUT2D eigenvalue weighted by atomic mass is 10.1. The zero-order valence-electron chi connectivity index (χ0n) is 11.1. The van der Waals surface area contributed by atoms with Crippen LogP contribution in [0.1, 0.15) is 45.4 Å². The Morgan fingerprint density at radius 3 is 2.44 bits per heavy atom. The second-order valence-electron chi connectivity index (χ2n) is 4.27.